The van der Waals surface area contributed by atoms with E-state index in [1.165, 1.54) is 12.1 Å². The molecule has 4 nitrogen and oxygen atoms in total. The molecule has 2 N–H and O–H groups in total. The molecule has 1 aromatic carbocycles. The summed E-state index contributed by atoms with van der Waals surface area (Å²) in [5.41, 5.74) is 1.91. The monoisotopic (exact) mass is 344 g/mol. The fourth-order valence-corrected chi connectivity index (χ4v) is 3.05. The van der Waals surface area contributed by atoms with Gasteiger partial charge in [0.1, 0.15) is 11.9 Å². The third kappa shape index (κ3) is 3.29. The third-order valence-electron chi connectivity index (χ3n) is 4.26. The number of halogens is 2. The van der Waals surface area contributed by atoms with E-state index in [1.807, 2.05) is 26.0 Å². The number of nitriles is 1. The van der Waals surface area contributed by atoms with E-state index < -0.39 is 0 Å². The van der Waals surface area contributed by atoms with Crippen LogP contribution < -0.4 is 10.6 Å². The van der Waals surface area contributed by atoms with Crippen LogP contribution in [-0.4, -0.2) is 18.5 Å². The second-order valence-corrected chi connectivity index (χ2v) is 7.04. The smallest absolute Gasteiger partial charge is 0.196 e. The first kappa shape index (κ1) is 16.5. The molecule has 1 fully saturated rings. The molecule has 0 amide bonds. The summed E-state index contributed by atoms with van der Waals surface area (Å²) in [5, 5.41) is 16.0. The molecule has 2 aliphatic rings. The van der Waals surface area contributed by atoms with Crippen LogP contribution in [0, 0.1) is 17.1 Å². The van der Waals surface area contributed by atoms with Crippen molar-refractivity contribution in [3.05, 3.63) is 58.0 Å². The predicted molar refractivity (Wildman–Crippen MR) is 93.2 cm³/mol. The highest BCUT2D eigenvalue weighted by Gasteiger charge is 2.29. The van der Waals surface area contributed by atoms with Gasteiger partial charge in [-0.15, -0.1) is 0 Å². The average molecular weight is 345 g/mol. The van der Waals surface area contributed by atoms with Gasteiger partial charge in [-0.25, -0.2) is 4.39 Å². The molecule has 1 saturated heterocycles. The van der Waals surface area contributed by atoms with Gasteiger partial charge in [-0.1, -0.05) is 31.5 Å². The Morgan fingerprint density at radius 1 is 1.42 bits per heavy atom. The summed E-state index contributed by atoms with van der Waals surface area (Å²) in [4.78, 5) is 4.58. The normalized spacial score (nSPS) is 21.3. The second kappa shape index (κ2) is 6.29. The number of aliphatic imine (C=N–C) groups is 1. The van der Waals surface area contributed by atoms with Gasteiger partial charge in [0, 0.05) is 10.4 Å². The fourth-order valence-electron chi connectivity index (χ4n) is 2.83. The SMILES string of the molecule is CC(C)(CN=C1NC2=C(C#N)C=CCC2N1)c1cc(F)cc(Cl)c1. The molecule has 0 aromatic heterocycles. The molecule has 1 unspecified atom stereocenters. The van der Waals surface area contributed by atoms with Crippen molar-refractivity contribution in [2.24, 2.45) is 4.99 Å². The summed E-state index contributed by atoms with van der Waals surface area (Å²) in [6.45, 7) is 4.44. The summed E-state index contributed by atoms with van der Waals surface area (Å²) in [5.74, 6) is 0.290. The number of hydrogen-bond acceptors (Lipinski definition) is 2. The maximum absolute atomic E-state index is 13.6. The van der Waals surface area contributed by atoms with Crippen molar-refractivity contribution in [1.82, 2.24) is 10.6 Å². The molecule has 6 heteroatoms. The molecule has 1 heterocycles. The van der Waals surface area contributed by atoms with Crippen molar-refractivity contribution in [3.63, 3.8) is 0 Å². The fraction of sp³-hybridized carbons (Fsp3) is 0.333. The lowest BCUT2D eigenvalue weighted by Gasteiger charge is -2.23. The summed E-state index contributed by atoms with van der Waals surface area (Å²) >= 11 is 5.95. The lowest BCUT2D eigenvalue weighted by molar-refractivity contribution is 0.530. The highest BCUT2D eigenvalue weighted by atomic mass is 35.5. The van der Waals surface area contributed by atoms with Crippen molar-refractivity contribution in [2.45, 2.75) is 31.7 Å². The van der Waals surface area contributed by atoms with Crippen LogP contribution in [0.3, 0.4) is 0 Å². The van der Waals surface area contributed by atoms with Gasteiger partial charge in [0.05, 0.1) is 23.9 Å². The Labute approximate surface area is 145 Å². The van der Waals surface area contributed by atoms with E-state index >= 15 is 0 Å². The third-order valence-corrected chi connectivity index (χ3v) is 4.47. The molecule has 0 saturated carbocycles. The topological polar surface area (TPSA) is 60.2 Å². The van der Waals surface area contributed by atoms with Gasteiger partial charge in [0.15, 0.2) is 5.96 Å². The van der Waals surface area contributed by atoms with Crippen molar-refractivity contribution >= 4 is 17.6 Å². The average Bonchev–Trinajstić information content (AvgIpc) is 2.95. The summed E-state index contributed by atoms with van der Waals surface area (Å²) in [6, 6.07) is 6.79. The van der Waals surface area contributed by atoms with Gasteiger partial charge < -0.3 is 10.6 Å². The van der Waals surface area contributed by atoms with Crippen LogP contribution >= 0.6 is 11.6 Å². The predicted octanol–water partition coefficient (Wildman–Crippen LogP) is 3.41. The van der Waals surface area contributed by atoms with E-state index in [2.05, 4.69) is 21.7 Å². The van der Waals surface area contributed by atoms with E-state index in [0.29, 0.717) is 23.1 Å². The van der Waals surface area contributed by atoms with Crippen LogP contribution in [0.2, 0.25) is 5.02 Å². The van der Waals surface area contributed by atoms with E-state index in [1.54, 1.807) is 6.07 Å². The zero-order valence-electron chi connectivity index (χ0n) is 13.5. The molecule has 124 valence electrons. The Hall–Kier alpha value is -2.32. The second-order valence-electron chi connectivity index (χ2n) is 6.61. The summed E-state index contributed by atoms with van der Waals surface area (Å²) < 4.78 is 13.6. The number of guanidine groups is 1. The molecule has 1 atom stereocenters. The number of allylic oxidation sites excluding steroid dienone is 2. The number of benzene rings is 1. The van der Waals surface area contributed by atoms with Crippen LogP contribution in [0.4, 0.5) is 4.39 Å². The highest BCUT2D eigenvalue weighted by Crippen LogP contribution is 2.28. The van der Waals surface area contributed by atoms with Crippen LogP contribution in [0.15, 0.2) is 46.6 Å². The lowest BCUT2D eigenvalue weighted by Crippen LogP contribution is -2.30. The maximum Gasteiger partial charge on any atom is 0.196 e. The molecule has 0 spiro atoms. The van der Waals surface area contributed by atoms with Gasteiger partial charge in [0.25, 0.3) is 0 Å². The number of nitrogens with zero attached hydrogens (tertiary/aromatic N) is 2. The molecular weight excluding hydrogens is 327 g/mol. The van der Waals surface area contributed by atoms with E-state index in [-0.39, 0.29) is 17.3 Å². The number of hydrogen-bond donors (Lipinski definition) is 2. The van der Waals surface area contributed by atoms with Crippen LogP contribution in [0.5, 0.6) is 0 Å². The standard InChI is InChI=1S/C18H18ClFN4/c1-18(2,12-6-13(19)8-14(20)7-12)10-22-17-23-15-5-3-4-11(9-21)16(15)24-17/h3-4,6-8,15H,5,10H2,1-2H3,(H2,22,23,24). The number of nitrogens with one attached hydrogen (secondary N) is 2. The van der Waals surface area contributed by atoms with E-state index in [4.69, 9.17) is 16.9 Å². The zero-order valence-corrected chi connectivity index (χ0v) is 14.3. The van der Waals surface area contributed by atoms with Gasteiger partial charge >= 0.3 is 0 Å². The van der Waals surface area contributed by atoms with Gasteiger partial charge in [-0.3, -0.25) is 4.99 Å². The van der Waals surface area contributed by atoms with Crippen molar-refractivity contribution in [1.29, 1.82) is 5.26 Å². The minimum absolute atomic E-state index is 0.0649. The highest BCUT2D eigenvalue weighted by molar-refractivity contribution is 6.30. The van der Waals surface area contributed by atoms with E-state index in [0.717, 1.165) is 17.7 Å². The Bertz CT molecular complexity index is 781. The zero-order chi connectivity index (χ0) is 17.3. The molecule has 1 aliphatic carbocycles. The molecule has 1 aromatic rings. The first-order chi connectivity index (χ1) is 11.4. The molecule has 24 heavy (non-hydrogen) atoms. The molecular formula is C18H18ClFN4. The largest absolute Gasteiger partial charge is 0.347 e. The van der Waals surface area contributed by atoms with Crippen LogP contribution in [0.1, 0.15) is 25.8 Å². The summed E-state index contributed by atoms with van der Waals surface area (Å²) in [6.07, 6.45) is 4.61. The molecule has 3 rings (SSSR count). The Morgan fingerprint density at radius 3 is 2.92 bits per heavy atom. The van der Waals surface area contributed by atoms with Gasteiger partial charge in [0.2, 0.25) is 0 Å². The van der Waals surface area contributed by atoms with E-state index in [9.17, 15) is 4.39 Å². The minimum Gasteiger partial charge on any atom is -0.347 e. The lowest BCUT2D eigenvalue weighted by atomic mass is 9.85. The first-order valence-electron chi connectivity index (χ1n) is 7.74. The van der Waals surface area contributed by atoms with Crippen LogP contribution in [0.25, 0.3) is 0 Å². The molecule has 0 radical (unpaired) electrons. The first-order valence-corrected chi connectivity index (χ1v) is 8.12. The minimum atomic E-state index is -0.374. The van der Waals surface area contributed by atoms with Gasteiger partial charge in [-0.05, 0) is 36.3 Å². The van der Waals surface area contributed by atoms with Crippen molar-refractivity contribution in [3.8, 4) is 6.07 Å². The Morgan fingerprint density at radius 2 is 2.21 bits per heavy atom. The quantitative estimate of drug-likeness (QED) is 0.883. The van der Waals surface area contributed by atoms with Crippen LogP contribution in [-0.2, 0) is 5.41 Å². The number of rotatable bonds is 3. The Balaban J connectivity index is 1.78. The van der Waals surface area contributed by atoms with Gasteiger partial charge in [-0.2, -0.15) is 5.26 Å². The number of fused-ring (bicyclic) bond motifs is 1. The molecule has 1 aliphatic heterocycles. The van der Waals surface area contributed by atoms with Crippen molar-refractivity contribution in [2.75, 3.05) is 6.54 Å². The Kier molecular flexibility index (Phi) is 4.33. The van der Waals surface area contributed by atoms with Crippen molar-refractivity contribution < 1.29 is 4.39 Å². The summed E-state index contributed by atoms with van der Waals surface area (Å²) in [7, 11) is 0. The molecule has 0 bridgehead atoms. The maximum atomic E-state index is 13.6.